The molecule has 5 rings (SSSR count). The summed E-state index contributed by atoms with van der Waals surface area (Å²) in [6.07, 6.45) is 2.44. The van der Waals surface area contributed by atoms with E-state index in [0.717, 1.165) is 17.5 Å². The number of hydrogen-bond acceptors (Lipinski definition) is 5. The topological polar surface area (TPSA) is 97.3 Å². The Hall–Kier alpha value is -4.85. The first kappa shape index (κ1) is 25.8. The van der Waals surface area contributed by atoms with Crippen molar-refractivity contribution in [3.8, 4) is 5.75 Å². The number of methoxy groups -OCH3 is 1. The van der Waals surface area contributed by atoms with E-state index in [1.807, 2.05) is 62.4 Å². The molecule has 0 aliphatic carbocycles. The van der Waals surface area contributed by atoms with Gasteiger partial charge in [0.05, 0.1) is 24.6 Å². The van der Waals surface area contributed by atoms with Crippen LogP contribution in [-0.2, 0) is 11.2 Å². The van der Waals surface area contributed by atoms with Gasteiger partial charge in [0, 0.05) is 11.4 Å². The average Bonchev–Trinajstić information content (AvgIpc) is 3.36. The highest BCUT2D eigenvalue weighted by molar-refractivity contribution is 6.09. The molecule has 1 aliphatic heterocycles. The van der Waals surface area contributed by atoms with Crippen LogP contribution in [0.2, 0.25) is 0 Å². The van der Waals surface area contributed by atoms with Gasteiger partial charge in [0.1, 0.15) is 23.2 Å². The second-order valence-corrected chi connectivity index (χ2v) is 9.49. The third-order valence-corrected chi connectivity index (χ3v) is 6.85. The van der Waals surface area contributed by atoms with Crippen molar-refractivity contribution in [1.29, 1.82) is 0 Å². The zero-order valence-electron chi connectivity index (χ0n) is 22.4. The average molecular weight is 522 g/mol. The van der Waals surface area contributed by atoms with E-state index in [1.165, 1.54) is 11.8 Å². The minimum atomic E-state index is -0.553. The van der Waals surface area contributed by atoms with Gasteiger partial charge in [-0.1, -0.05) is 55.5 Å². The fourth-order valence-electron chi connectivity index (χ4n) is 4.82. The molecule has 3 N–H and O–H groups in total. The van der Waals surface area contributed by atoms with E-state index in [1.54, 1.807) is 23.9 Å². The summed E-state index contributed by atoms with van der Waals surface area (Å²) in [5, 5.41) is 13.8. The summed E-state index contributed by atoms with van der Waals surface area (Å²) < 4.78 is 7.14. The minimum absolute atomic E-state index is 0.288. The number of aryl methyl sites for hydroxylation is 2. The van der Waals surface area contributed by atoms with Gasteiger partial charge in [0.2, 0.25) is 0 Å². The molecule has 0 radical (unpaired) electrons. The lowest BCUT2D eigenvalue weighted by atomic mass is 9.93. The van der Waals surface area contributed by atoms with Crippen LogP contribution < -0.4 is 20.7 Å². The van der Waals surface area contributed by atoms with E-state index in [-0.39, 0.29) is 11.8 Å². The maximum Gasteiger partial charge on any atom is 0.261 e. The summed E-state index contributed by atoms with van der Waals surface area (Å²) in [4.78, 5) is 27.1. The first-order valence-corrected chi connectivity index (χ1v) is 12.9. The van der Waals surface area contributed by atoms with Gasteiger partial charge in [-0.3, -0.25) is 9.59 Å². The Kier molecular flexibility index (Phi) is 7.19. The van der Waals surface area contributed by atoms with Gasteiger partial charge in [-0.05, 0) is 61.2 Å². The Labute approximate surface area is 227 Å². The van der Waals surface area contributed by atoms with Crippen molar-refractivity contribution in [3.63, 3.8) is 0 Å². The van der Waals surface area contributed by atoms with Crippen LogP contribution in [0, 0.1) is 6.92 Å². The van der Waals surface area contributed by atoms with Crippen LogP contribution in [0.4, 0.5) is 17.2 Å². The standard InChI is InChI=1S/C31H31N5O3/c1-5-21-13-15-22(16-14-21)28-27(31(38)35-25-11-6-7-12-26(25)39-4)20(3)33-29-24(18-32-36(28)29)30(37)34-23-10-8-9-19(2)17-23/h6-18,28,33H,5H2,1-4H3,(H,34,37)(H,35,38)/t28-/m1/s1. The number of amides is 2. The number of hydrogen-bond donors (Lipinski definition) is 3. The molecule has 3 aromatic carbocycles. The monoisotopic (exact) mass is 521 g/mol. The number of aromatic nitrogens is 2. The van der Waals surface area contributed by atoms with Crippen LogP contribution in [0.15, 0.2) is 90.3 Å². The Bertz CT molecular complexity index is 1570. The van der Waals surface area contributed by atoms with Crippen molar-refractivity contribution < 1.29 is 14.3 Å². The Morgan fingerprint density at radius 1 is 0.974 bits per heavy atom. The number of allylic oxidation sites excluding steroid dienone is 1. The van der Waals surface area contributed by atoms with Crippen LogP contribution in [0.5, 0.6) is 5.75 Å². The quantitative estimate of drug-likeness (QED) is 0.280. The van der Waals surface area contributed by atoms with Gasteiger partial charge < -0.3 is 20.7 Å². The van der Waals surface area contributed by atoms with Gasteiger partial charge in [0.15, 0.2) is 0 Å². The van der Waals surface area contributed by atoms with Crippen molar-refractivity contribution in [3.05, 3.63) is 113 Å². The maximum atomic E-state index is 13.8. The predicted molar refractivity (Wildman–Crippen MR) is 153 cm³/mol. The molecule has 2 heterocycles. The highest BCUT2D eigenvalue weighted by Crippen LogP contribution is 2.38. The molecule has 0 spiro atoms. The molecule has 0 bridgehead atoms. The molecule has 198 valence electrons. The third kappa shape index (κ3) is 5.13. The highest BCUT2D eigenvalue weighted by atomic mass is 16.5. The highest BCUT2D eigenvalue weighted by Gasteiger charge is 2.35. The zero-order valence-corrected chi connectivity index (χ0v) is 22.4. The molecule has 0 saturated heterocycles. The summed E-state index contributed by atoms with van der Waals surface area (Å²) in [6, 6.07) is 22.5. The van der Waals surface area contributed by atoms with Crippen LogP contribution >= 0.6 is 0 Å². The largest absolute Gasteiger partial charge is 0.495 e. The molecule has 0 fully saturated rings. The molecule has 39 heavy (non-hydrogen) atoms. The van der Waals surface area contributed by atoms with Gasteiger partial charge in [-0.15, -0.1) is 0 Å². The number of nitrogens with one attached hydrogen (secondary N) is 3. The summed E-state index contributed by atoms with van der Waals surface area (Å²) in [5.74, 6) is 0.507. The van der Waals surface area contributed by atoms with Crippen molar-refractivity contribution in [2.24, 2.45) is 0 Å². The van der Waals surface area contributed by atoms with Gasteiger partial charge in [-0.2, -0.15) is 5.10 Å². The van der Waals surface area contributed by atoms with E-state index < -0.39 is 6.04 Å². The lowest BCUT2D eigenvalue weighted by Crippen LogP contribution is -2.32. The SMILES string of the molecule is CCc1ccc([C@@H]2C(C(=O)Nc3ccccc3OC)=C(C)Nc3c(C(=O)Nc4cccc(C)c4)cnn32)cc1. The molecule has 1 aromatic heterocycles. The fourth-order valence-corrected chi connectivity index (χ4v) is 4.82. The number of benzene rings is 3. The normalized spacial score (nSPS) is 14.3. The van der Waals surface area contributed by atoms with Crippen LogP contribution in [0.1, 0.15) is 46.9 Å². The second kappa shape index (κ2) is 10.9. The Morgan fingerprint density at radius 2 is 1.74 bits per heavy atom. The molecular formula is C31H31N5O3. The third-order valence-electron chi connectivity index (χ3n) is 6.85. The number of fused-ring (bicyclic) bond motifs is 1. The van der Waals surface area contributed by atoms with E-state index in [0.29, 0.717) is 39.8 Å². The summed E-state index contributed by atoms with van der Waals surface area (Å²) in [6.45, 7) is 5.91. The van der Waals surface area contributed by atoms with E-state index in [4.69, 9.17) is 4.74 Å². The first-order chi connectivity index (χ1) is 18.9. The summed E-state index contributed by atoms with van der Waals surface area (Å²) in [7, 11) is 1.56. The number of nitrogens with zero attached hydrogens (tertiary/aromatic N) is 2. The van der Waals surface area contributed by atoms with Crippen LogP contribution in [0.3, 0.4) is 0 Å². The Balaban J connectivity index is 1.55. The predicted octanol–water partition coefficient (Wildman–Crippen LogP) is 5.94. The lowest BCUT2D eigenvalue weighted by Gasteiger charge is -2.30. The molecule has 8 heteroatoms. The molecule has 2 amide bonds. The van der Waals surface area contributed by atoms with Crippen molar-refractivity contribution >= 4 is 29.0 Å². The van der Waals surface area contributed by atoms with E-state index >= 15 is 0 Å². The fraction of sp³-hybridized carbons (Fsp3) is 0.194. The summed E-state index contributed by atoms with van der Waals surface area (Å²) in [5.41, 5.74) is 5.89. The van der Waals surface area contributed by atoms with E-state index in [2.05, 4.69) is 40.1 Å². The van der Waals surface area contributed by atoms with Crippen molar-refractivity contribution in [2.75, 3.05) is 23.1 Å². The molecular weight excluding hydrogens is 490 g/mol. The Morgan fingerprint density at radius 3 is 2.46 bits per heavy atom. The first-order valence-electron chi connectivity index (χ1n) is 12.9. The summed E-state index contributed by atoms with van der Waals surface area (Å²) >= 11 is 0. The van der Waals surface area contributed by atoms with Crippen LogP contribution in [-0.4, -0.2) is 28.7 Å². The maximum absolute atomic E-state index is 13.8. The van der Waals surface area contributed by atoms with Crippen molar-refractivity contribution in [2.45, 2.75) is 33.2 Å². The lowest BCUT2D eigenvalue weighted by molar-refractivity contribution is -0.113. The minimum Gasteiger partial charge on any atom is -0.495 e. The molecule has 0 unspecified atom stereocenters. The molecule has 8 nitrogen and oxygen atoms in total. The number of carbonyl (C=O) groups excluding carboxylic acids is 2. The number of carbonyl (C=O) groups is 2. The second-order valence-electron chi connectivity index (χ2n) is 9.49. The number of para-hydroxylation sites is 2. The number of rotatable bonds is 7. The van der Waals surface area contributed by atoms with Gasteiger partial charge in [0.25, 0.3) is 11.8 Å². The van der Waals surface area contributed by atoms with Gasteiger partial charge in [-0.25, -0.2) is 4.68 Å². The van der Waals surface area contributed by atoms with Crippen molar-refractivity contribution in [1.82, 2.24) is 9.78 Å². The molecule has 4 aromatic rings. The smallest absolute Gasteiger partial charge is 0.261 e. The molecule has 1 aliphatic rings. The van der Waals surface area contributed by atoms with Crippen LogP contribution in [0.25, 0.3) is 0 Å². The molecule has 1 atom stereocenters. The molecule has 0 saturated carbocycles. The van der Waals surface area contributed by atoms with Gasteiger partial charge >= 0.3 is 0 Å². The van der Waals surface area contributed by atoms with E-state index in [9.17, 15) is 9.59 Å². The number of anilines is 3. The number of ether oxygens (including phenoxy) is 1. The zero-order chi connectivity index (χ0) is 27.5.